The van der Waals surface area contributed by atoms with Crippen molar-refractivity contribution in [1.29, 1.82) is 0 Å². The molecule has 98 valence electrons. The minimum atomic E-state index is 0.108. The van der Waals surface area contributed by atoms with Gasteiger partial charge in [0.1, 0.15) is 0 Å². The van der Waals surface area contributed by atoms with E-state index in [0.29, 0.717) is 17.0 Å². The molecule has 1 nitrogen and oxygen atoms in total. The summed E-state index contributed by atoms with van der Waals surface area (Å²) >= 11 is 8.13. The van der Waals surface area contributed by atoms with Gasteiger partial charge in [-0.1, -0.05) is 40.9 Å². The van der Waals surface area contributed by atoms with Crippen molar-refractivity contribution in [2.24, 2.45) is 0 Å². The van der Waals surface area contributed by atoms with Gasteiger partial charge in [0, 0.05) is 20.6 Å². The average molecular weight is 385 g/mol. The van der Waals surface area contributed by atoms with E-state index in [1.807, 2.05) is 19.9 Å². The van der Waals surface area contributed by atoms with Crippen molar-refractivity contribution in [1.82, 2.24) is 0 Å². The third-order valence-electron chi connectivity index (χ3n) is 2.87. The second-order valence-electron chi connectivity index (χ2n) is 4.72. The Balaban J connectivity index is 2.28. The van der Waals surface area contributed by atoms with Gasteiger partial charge >= 0.3 is 0 Å². The zero-order valence-corrected chi connectivity index (χ0v) is 13.7. The van der Waals surface area contributed by atoms with Crippen LogP contribution in [-0.2, 0) is 6.42 Å². The molecule has 0 aromatic heterocycles. The van der Waals surface area contributed by atoms with E-state index in [4.69, 9.17) is 11.6 Å². The first-order valence-corrected chi connectivity index (χ1v) is 7.47. The second kappa shape index (κ2) is 6.06. The molecule has 0 heterocycles. The van der Waals surface area contributed by atoms with E-state index in [2.05, 4.69) is 40.8 Å². The zero-order chi connectivity index (χ0) is 14.0. The molecule has 0 aliphatic heterocycles. The molecule has 0 radical (unpaired) electrons. The van der Waals surface area contributed by atoms with E-state index in [1.54, 1.807) is 12.1 Å². The van der Waals surface area contributed by atoms with Gasteiger partial charge in [0.15, 0.2) is 5.78 Å². The van der Waals surface area contributed by atoms with Crippen LogP contribution in [0.2, 0.25) is 5.02 Å². The molecule has 0 fully saturated rings. The highest BCUT2D eigenvalue weighted by Gasteiger charge is 2.12. The SMILES string of the molecule is Cc1cc(C)cc(CC(=O)c2cc(Cl)ccc2I)c1. The van der Waals surface area contributed by atoms with Gasteiger partial charge < -0.3 is 0 Å². The number of hydrogen-bond donors (Lipinski definition) is 0. The molecule has 0 saturated carbocycles. The molecule has 19 heavy (non-hydrogen) atoms. The summed E-state index contributed by atoms with van der Waals surface area (Å²) in [5.74, 6) is 0.108. The van der Waals surface area contributed by atoms with Crippen molar-refractivity contribution in [2.45, 2.75) is 20.3 Å². The Morgan fingerprint density at radius 3 is 2.37 bits per heavy atom. The van der Waals surface area contributed by atoms with Crippen LogP contribution in [-0.4, -0.2) is 5.78 Å². The highest BCUT2D eigenvalue weighted by Crippen LogP contribution is 2.20. The Hall–Kier alpha value is -0.870. The lowest BCUT2D eigenvalue weighted by Crippen LogP contribution is -2.06. The van der Waals surface area contributed by atoms with Crippen molar-refractivity contribution in [3.63, 3.8) is 0 Å². The van der Waals surface area contributed by atoms with Crippen molar-refractivity contribution in [3.8, 4) is 0 Å². The smallest absolute Gasteiger partial charge is 0.168 e. The molecule has 0 bridgehead atoms. The van der Waals surface area contributed by atoms with Crippen molar-refractivity contribution in [3.05, 3.63) is 67.2 Å². The van der Waals surface area contributed by atoms with Crippen LogP contribution in [0.15, 0.2) is 36.4 Å². The first kappa shape index (κ1) is 14.5. The molecule has 2 aromatic carbocycles. The Labute approximate surface area is 132 Å². The Morgan fingerprint density at radius 2 is 1.74 bits per heavy atom. The minimum Gasteiger partial charge on any atom is -0.294 e. The second-order valence-corrected chi connectivity index (χ2v) is 6.32. The van der Waals surface area contributed by atoms with Gasteiger partial charge in [0.05, 0.1) is 0 Å². The zero-order valence-electron chi connectivity index (χ0n) is 10.8. The van der Waals surface area contributed by atoms with Gasteiger partial charge in [-0.05, 0) is 60.2 Å². The van der Waals surface area contributed by atoms with Crippen LogP contribution in [0.5, 0.6) is 0 Å². The van der Waals surface area contributed by atoms with Crippen LogP contribution in [0.1, 0.15) is 27.0 Å². The Bertz CT molecular complexity index is 614. The maximum Gasteiger partial charge on any atom is 0.168 e. The molecular formula is C16H14ClIO. The summed E-state index contributed by atoms with van der Waals surface area (Å²) < 4.78 is 0.941. The fourth-order valence-corrected chi connectivity index (χ4v) is 2.97. The summed E-state index contributed by atoms with van der Waals surface area (Å²) in [6, 6.07) is 11.6. The minimum absolute atomic E-state index is 0.108. The predicted molar refractivity (Wildman–Crippen MR) is 88.1 cm³/mol. The fraction of sp³-hybridized carbons (Fsp3) is 0.188. The molecule has 0 amide bonds. The van der Waals surface area contributed by atoms with Crippen molar-refractivity contribution < 1.29 is 4.79 Å². The summed E-state index contributed by atoms with van der Waals surface area (Å²) in [6.45, 7) is 4.09. The van der Waals surface area contributed by atoms with Crippen LogP contribution in [0, 0.1) is 17.4 Å². The summed E-state index contributed by atoms with van der Waals surface area (Å²) in [5.41, 5.74) is 4.12. The lowest BCUT2D eigenvalue weighted by molar-refractivity contribution is 0.0992. The van der Waals surface area contributed by atoms with E-state index in [0.717, 1.165) is 9.13 Å². The maximum absolute atomic E-state index is 12.3. The molecular weight excluding hydrogens is 371 g/mol. The van der Waals surface area contributed by atoms with Crippen LogP contribution >= 0.6 is 34.2 Å². The quantitative estimate of drug-likeness (QED) is 0.538. The fourth-order valence-electron chi connectivity index (χ4n) is 2.16. The third-order valence-corrected chi connectivity index (χ3v) is 4.05. The van der Waals surface area contributed by atoms with Crippen LogP contribution < -0.4 is 0 Å². The number of Topliss-reactive ketones (excluding diaryl/α,β-unsaturated/α-hetero) is 1. The van der Waals surface area contributed by atoms with Gasteiger partial charge in [-0.2, -0.15) is 0 Å². The standard InChI is InChI=1S/C16H14ClIO/c1-10-5-11(2)7-12(6-10)8-16(19)14-9-13(17)3-4-15(14)18/h3-7,9H,8H2,1-2H3. The van der Waals surface area contributed by atoms with Gasteiger partial charge in [-0.3, -0.25) is 4.79 Å². The number of ketones is 1. The van der Waals surface area contributed by atoms with E-state index >= 15 is 0 Å². The van der Waals surface area contributed by atoms with Gasteiger partial charge in [-0.25, -0.2) is 0 Å². The largest absolute Gasteiger partial charge is 0.294 e. The Morgan fingerprint density at radius 1 is 1.11 bits per heavy atom. The normalized spacial score (nSPS) is 10.5. The molecule has 0 atom stereocenters. The van der Waals surface area contributed by atoms with Crippen LogP contribution in [0.3, 0.4) is 0 Å². The summed E-state index contributed by atoms with van der Waals surface area (Å²) in [7, 11) is 0. The first-order valence-electron chi connectivity index (χ1n) is 6.01. The molecule has 3 heteroatoms. The molecule has 2 rings (SSSR count). The number of carbonyl (C=O) groups excluding carboxylic acids is 1. The van der Waals surface area contributed by atoms with Crippen molar-refractivity contribution in [2.75, 3.05) is 0 Å². The highest BCUT2D eigenvalue weighted by molar-refractivity contribution is 14.1. The molecule has 0 aliphatic rings. The number of rotatable bonds is 3. The molecule has 0 saturated heterocycles. The summed E-state index contributed by atoms with van der Waals surface area (Å²) in [6.07, 6.45) is 0.416. The highest BCUT2D eigenvalue weighted by atomic mass is 127. The number of benzene rings is 2. The van der Waals surface area contributed by atoms with Gasteiger partial charge in [-0.15, -0.1) is 0 Å². The first-order chi connectivity index (χ1) is 8.95. The topological polar surface area (TPSA) is 17.1 Å². The number of aryl methyl sites for hydroxylation is 2. The molecule has 0 spiro atoms. The lowest BCUT2D eigenvalue weighted by Gasteiger charge is -2.07. The van der Waals surface area contributed by atoms with Crippen molar-refractivity contribution >= 4 is 40.0 Å². The lowest BCUT2D eigenvalue weighted by atomic mass is 10.00. The molecule has 0 unspecified atom stereocenters. The van der Waals surface area contributed by atoms with Crippen LogP contribution in [0.25, 0.3) is 0 Å². The average Bonchev–Trinajstić information content (AvgIpc) is 2.30. The van der Waals surface area contributed by atoms with Crippen LogP contribution in [0.4, 0.5) is 0 Å². The summed E-state index contributed by atoms with van der Waals surface area (Å²) in [4.78, 5) is 12.3. The predicted octanol–water partition coefficient (Wildman–Crippen LogP) is 4.99. The van der Waals surface area contributed by atoms with Gasteiger partial charge in [0.2, 0.25) is 0 Å². The van der Waals surface area contributed by atoms with E-state index in [-0.39, 0.29) is 5.78 Å². The number of halogens is 2. The number of hydrogen-bond acceptors (Lipinski definition) is 1. The molecule has 0 N–H and O–H groups in total. The maximum atomic E-state index is 12.3. The van der Waals surface area contributed by atoms with E-state index in [1.165, 1.54) is 11.1 Å². The molecule has 2 aromatic rings. The monoisotopic (exact) mass is 384 g/mol. The Kier molecular flexibility index (Phi) is 4.63. The van der Waals surface area contributed by atoms with E-state index < -0.39 is 0 Å². The van der Waals surface area contributed by atoms with Gasteiger partial charge in [0.25, 0.3) is 0 Å². The molecule has 0 aliphatic carbocycles. The summed E-state index contributed by atoms with van der Waals surface area (Å²) in [5, 5.41) is 0.601. The third kappa shape index (κ3) is 3.80. The van der Waals surface area contributed by atoms with E-state index in [9.17, 15) is 4.79 Å². The number of carbonyl (C=O) groups is 1.